The van der Waals surface area contributed by atoms with Crippen LogP contribution in [0.5, 0.6) is 0 Å². The Bertz CT molecular complexity index is 1040. The molecule has 0 saturated heterocycles. The fourth-order valence-electron chi connectivity index (χ4n) is 4.11. The molecule has 3 rings (SSSR count). The van der Waals surface area contributed by atoms with E-state index < -0.39 is 22.2 Å². The molecule has 0 fully saturated rings. The predicted molar refractivity (Wildman–Crippen MR) is 100 cm³/mol. The first kappa shape index (κ1) is 19.4. The third kappa shape index (κ3) is 2.70. The summed E-state index contributed by atoms with van der Waals surface area (Å²) >= 11 is 5.94. The Morgan fingerprint density at radius 1 is 1.36 bits per heavy atom. The third-order valence-electron chi connectivity index (χ3n) is 5.37. The summed E-state index contributed by atoms with van der Waals surface area (Å²) in [6.45, 7) is 0.978. The molecule has 0 amide bonds. The number of rotatable bonds is 2. The molecule has 1 aromatic rings. The van der Waals surface area contributed by atoms with Crippen molar-refractivity contribution in [3.05, 3.63) is 61.8 Å². The monoisotopic (exact) mass is 394 g/mol. The number of fused-ring (bicyclic) bond motifs is 1. The van der Waals surface area contributed by atoms with E-state index in [4.69, 9.17) is 17.3 Å². The molecule has 1 aliphatic heterocycles. The number of likely N-dealkylation sites (N-methyl/N-ethyl adjacent to an activating group) is 1. The minimum absolute atomic E-state index is 0.106. The van der Waals surface area contributed by atoms with Crippen molar-refractivity contribution in [2.75, 3.05) is 20.1 Å². The molecular formula is C19H15ClN6O2. The number of nitrogens with two attached hydrogens (primary N) is 1. The lowest BCUT2D eigenvalue weighted by atomic mass is 9.58. The zero-order valence-corrected chi connectivity index (χ0v) is 15.6. The van der Waals surface area contributed by atoms with Crippen LogP contribution in [0.15, 0.2) is 41.1 Å². The molecular weight excluding hydrogens is 380 g/mol. The largest absolute Gasteiger partial charge is 0.399 e. The first-order chi connectivity index (χ1) is 13.3. The zero-order chi connectivity index (χ0) is 20.6. The maximum Gasteiger partial charge on any atom is 0.274 e. The molecule has 0 radical (unpaired) electrons. The highest BCUT2D eigenvalue weighted by Gasteiger charge is 2.55. The lowest BCUT2D eigenvalue weighted by Crippen LogP contribution is -2.47. The molecule has 140 valence electrons. The third-order valence-corrected chi connectivity index (χ3v) is 5.61. The van der Waals surface area contributed by atoms with Crippen LogP contribution in [0.4, 0.5) is 5.69 Å². The number of allylic oxidation sites excluding steroid dienone is 2. The summed E-state index contributed by atoms with van der Waals surface area (Å²) in [5, 5.41) is 41.4. The second-order valence-corrected chi connectivity index (χ2v) is 7.29. The van der Waals surface area contributed by atoms with Crippen LogP contribution in [0, 0.1) is 55.4 Å². The molecule has 1 aliphatic carbocycles. The molecule has 2 atom stereocenters. The van der Waals surface area contributed by atoms with Gasteiger partial charge in [0.05, 0.1) is 28.3 Å². The van der Waals surface area contributed by atoms with Crippen molar-refractivity contribution in [2.24, 2.45) is 17.1 Å². The molecule has 0 spiro atoms. The van der Waals surface area contributed by atoms with Gasteiger partial charge in [0.25, 0.3) is 5.69 Å². The molecule has 0 aromatic heterocycles. The Morgan fingerprint density at radius 3 is 2.61 bits per heavy atom. The summed E-state index contributed by atoms with van der Waals surface area (Å²) in [6.07, 6.45) is 1.83. The predicted octanol–water partition coefficient (Wildman–Crippen LogP) is 2.60. The van der Waals surface area contributed by atoms with E-state index in [9.17, 15) is 25.9 Å². The molecule has 2 N–H and O–H groups in total. The number of nitriles is 3. The van der Waals surface area contributed by atoms with Crippen molar-refractivity contribution in [1.82, 2.24) is 4.90 Å². The fourth-order valence-corrected chi connectivity index (χ4v) is 4.27. The number of halogens is 1. The van der Waals surface area contributed by atoms with E-state index in [1.807, 2.05) is 36.2 Å². The van der Waals surface area contributed by atoms with E-state index in [0.717, 1.165) is 0 Å². The zero-order valence-electron chi connectivity index (χ0n) is 14.9. The maximum absolute atomic E-state index is 11.7. The van der Waals surface area contributed by atoms with E-state index in [-0.39, 0.29) is 27.5 Å². The van der Waals surface area contributed by atoms with Gasteiger partial charge >= 0.3 is 0 Å². The van der Waals surface area contributed by atoms with Gasteiger partial charge in [0.1, 0.15) is 6.07 Å². The highest BCUT2D eigenvalue weighted by molar-refractivity contribution is 6.30. The van der Waals surface area contributed by atoms with Gasteiger partial charge in [-0.15, -0.1) is 0 Å². The number of nitrogens with zero attached hydrogens (tertiary/aromatic N) is 5. The average molecular weight is 395 g/mol. The molecule has 1 heterocycles. The number of benzene rings is 1. The Kier molecular flexibility index (Phi) is 4.83. The Balaban J connectivity index is 2.41. The molecule has 0 saturated carbocycles. The van der Waals surface area contributed by atoms with Crippen LogP contribution < -0.4 is 5.73 Å². The Hall–Kier alpha value is -3.38. The first-order valence-corrected chi connectivity index (χ1v) is 8.74. The van der Waals surface area contributed by atoms with Crippen LogP contribution in [0.25, 0.3) is 0 Å². The second-order valence-electron chi connectivity index (χ2n) is 6.86. The van der Waals surface area contributed by atoms with E-state index >= 15 is 0 Å². The Morgan fingerprint density at radius 2 is 2.04 bits per heavy atom. The van der Waals surface area contributed by atoms with Crippen molar-refractivity contribution < 1.29 is 4.92 Å². The molecule has 8 nitrogen and oxygen atoms in total. The minimum atomic E-state index is -1.91. The molecule has 0 unspecified atom stereocenters. The van der Waals surface area contributed by atoms with Crippen molar-refractivity contribution in [3.63, 3.8) is 0 Å². The molecule has 1 aromatic carbocycles. The van der Waals surface area contributed by atoms with Crippen molar-refractivity contribution in [1.29, 1.82) is 15.8 Å². The number of hydrogen-bond acceptors (Lipinski definition) is 7. The fraction of sp³-hybridized carbons (Fsp3) is 0.316. The van der Waals surface area contributed by atoms with Gasteiger partial charge in [0, 0.05) is 41.6 Å². The van der Waals surface area contributed by atoms with Crippen LogP contribution in [-0.2, 0) is 0 Å². The molecule has 28 heavy (non-hydrogen) atoms. The van der Waals surface area contributed by atoms with Crippen molar-refractivity contribution >= 4 is 17.3 Å². The smallest absolute Gasteiger partial charge is 0.274 e. The number of nitro groups is 1. The van der Waals surface area contributed by atoms with Crippen LogP contribution in [0.3, 0.4) is 0 Å². The summed E-state index contributed by atoms with van der Waals surface area (Å²) in [5.74, 6) is -1.41. The highest BCUT2D eigenvalue weighted by Crippen LogP contribution is 2.55. The van der Waals surface area contributed by atoms with Gasteiger partial charge in [-0.3, -0.25) is 10.1 Å². The summed E-state index contributed by atoms with van der Waals surface area (Å²) in [5.41, 5.74) is 4.74. The van der Waals surface area contributed by atoms with E-state index in [1.54, 1.807) is 0 Å². The van der Waals surface area contributed by atoms with Gasteiger partial charge in [0.15, 0.2) is 5.41 Å². The van der Waals surface area contributed by atoms with Gasteiger partial charge in [0.2, 0.25) is 0 Å². The summed E-state index contributed by atoms with van der Waals surface area (Å²) in [6, 6.07) is 10.1. The first-order valence-electron chi connectivity index (χ1n) is 8.36. The summed E-state index contributed by atoms with van der Waals surface area (Å²) < 4.78 is 0. The summed E-state index contributed by atoms with van der Waals surface area (Å²) in [7, 11) is 1.86. The molecule has 0 bridgehead atoms. The van der Waals surface area contributed by atoms with Crippen molar-refractivity contribution in [2.45, 2.75) is 5.92 Å². The highest BCUT2D eigenvalue weighted by atomic mass is 35.5. The number of hydrogen-bond donors (Lipinski definition) is 1. The quantitative estimate of drug-likeness (QED) is 0.599. The summed E-state index contributed by atoms with van der Waals surface area (Å²) in [4.78, 5) is 13.1. The molecule has 9 heteroatoms. The van der Waals surface area contributed by atoms with Crippen LogP contribution in [0.2, 0.25) is 5.02 Å². The topological polar surface area (TPSA) is 144 Å². The maximum atomic E-state index is 11.7. The molecule has 2 aliphatic rings. The lowest BCUT2D eigenvalue weighted by molar-refractivity contribution is -0.385. The normalized spacial score (nSPS) is 23.6. The standard InChI is InChI=1S/C19H15ClN6O2/c1-25-5-4-12-14(7-21)18(24)19(9-22,10-23)17(15(12)8-25)13-3-2-11(20)6-16(13)26(27)28/h2-4,6,15,17H,5,8,24H2,1H3/t15-,17+/m1/s1. The van der Waals surface area contributed by atoms with Gasteiger partial charge < -0.3 is 10.6 Å². The minimum Gasteiger partial charge on any atom is -0.399 e. The van der Waals surface area contributed by atoms with Crippen LogP contribution in [0.1, 0.15) is 11.5 Å². The van der Waals surface area contributed by atoms with Crippen LogP contribution in [-0.4, -0.2) is 30.0 Å². The lowest BCUT2D eigenvalue weighted by Gasteiger charge is -2.44. The Labute approximate surface area is 166 Å². The van der Waals surface area contributed by atoms with E-state index in [2.05, 4.69) is 0 Å². The van der Waals surface area contributed by atoms with Crippen molar-refractivity contribution in [3.8, 4) is 18.2 Å². The van der Waals surface area contributed by atoms with E-state index in [0.29, 0.717) is 18.7 Å². The number of nitro benzene ring substituents is 1. The van der Waals surface area contributed by atoms with E-state index in [1.165, 1.54) is 18.2 Å². The average Bonchev–Trinajstić information content (AvgIpc) is 2.67. The van der Waals surface area contributed by atoms with Gasteiger partial charge in [-0.25, -0.2) is 0 Å². The SMILES string of the molecule is CN1CC=C2C(C#N)=C(N)C(C#N)(C#N)[C@@H](c3ccc(Cl)cc3[N+](=O)[O-])[C@@H]2C1. The second kappa shape index (κ2) is 6.98. The van der Waals surface area contributed by atoms with Gasteiger partial charge in [-0.1, -0.05) is 23.7 Å². The van der Waals surface area contributed by atoms with Gasteiger partial charge in [-0.2, -0.15) is 15.8 Å². The van der Waals surface area contributed by atoms with Crippen LogP contribution >= 0.6 is 11.6 Å². The van der Waals surface area contributed by atoms with Gasteiger partial charge in [-0.05, 0) is 18.7 Å².